The molecule has 0 unspecified atom stereocenters. The van der Waals surface area contributed by atoms with E-state index in [1.807, 2.05) is 26.0 Å². The maximum absolute atomic E-state index is 11.8. The third-order valence-corrected chi connectivity index (χ3v) is 2.45. The minimum absolute atomic E-state index is 0.0599. The molecule has 4 nitrogen and oxygen atoms in total. The van der Waals surface area contributed by atoms with Crippen molar-refractivity contribution in [3.8, 4) is 0 Å². The quantitative estimate of drug-likeness (QED) is 0.820. The molecule has 0 saturated carbocycles. The molecule has 1 aromatic rings. The Bertz CT molecular complexity index is 413. The molecule has 0 heterocycles. The Morgan fingerprint density at radius 2 is 1.94 bits per heavy atom. The van der Waals surface area contributed by atoms with Crippen LogP contribution in [-0.2, 0) is 4.79 Å². The summed E-state index contributed by atoms with van der Waals surface area (Å²) in [6.45, 7) is 4.19. The third kappa shape index (κ3) is 3.90. The first-order chi connectivity index (χ1) is 8.02. The molecule has 0 spiro atoms. The van der Waals surface area contributed by atoms with Crippen molar-refractivity contribution in [2.75, 3.05) is 6.54 Å². The average Bonchev–Trinajstić information content (AvgIpc) is 2.28. The van der Waals surface area contributed by atoms with Gasteiger partial charge in [-0.15, -0.1) is 0 Å². The zero-order valence-electron chi connectivity index (χ0n) is 10.1. The Labute approximate surface area is 101 Å². The van der Waals surface area contributed by atoms with E-state index in [1.54, 1.807) is 12.1 Å². The van der Waals surface area contributed by atoms with E-state index in [1.165, 1.54) is 0 Å². The van der Waals surface area contributed by atoms with Crippen molar-refractivity contribution >= 4 is 11.9 Å². The number of aliphatic carboxylic acids is 1. The van der Waals surface area contributed by atoms with Crippen LogP contribution in [0.15, 0.2) is 24.3 Å². The molecule has 1 aromatic carbocycles. The van der Waals surface area contributed by atoms with Gasteiger partial charge in [-0.25, -0.2) is 0 Å². The molecular formula is C13H17NO3. The van der Waals surface area contributed by atoms with Crippen LogP contribution in [0.1, 0.15) is 42.1 Å². The predicted octanol–water partition coefficient (Wildman–Crippen LogP) is 2.01. The molecule has 0 aliphatic rings. The molecule has 0 radical (unpaired) electrons. The van der Waals surface area contributed by atoms with Crippen LogP contribution in [0.25, 0.3) is 0 Å². The standard InChI is InChI=1S/C13H17NO3/c1-9(2)10-5-3-4-6-11(10)13(17)14-8-7-12(15)16/h3-6,9H,7-8H2,1-2H3,(H,14,17)(H,15,16). The number of carbonyl (C=O) groups excluding carboxylic acids is 1. The van der Waals surface area contributed by atoms with Crippen LogP contribution in [0, 0.1) is 0 Å². The summed E-state index contributed by atoms with van der Waals surface area (Å²) in [6, 6.07) is 7.36. The summed E-state index contributed by atoms with van der Waals surface area (Å²) in [5, 5.41) is 11.1. The number of carbonyl (C=O) groups is 2. The number of carboxylic acids is 1. The van der Waals surface area contributed by atoms with E-state index in [0.29, 0.717) is 5.56 Å². The Morgan fingerprint density at radius 3 is 2.53 bits per heavy atom. The molecule has 4 heteroatoms. The van der Waals surface area contributed by atoms with E-state index in [9.17, 15) is 9.59 Å². The summed E-state index contributed by atoms with van der Waals surface area (Å²) < 4.78 is 0. The van der Waals surface area contributed by atoms with Gasteiger partial charge in [-0.05, 0) is 17.5 Å². The molecule has 1 amide bonds. The third-order valence-electron chi connectivity index (χ3n) is 2.45. The van der Waals surface area contributed by atoms with Crippen LogP contribution in [0.3, 0.4) is 0 Å². The molecule has 2 N–H and O–H groups in total. The van der Waals surface area contributed by atoms with Gasteiger partial charge in [-0.1, -0.05) is 32.0 Å². The molecule has 0 fully saturated rings. The maximum Gasteiger partial charge on any atom is 0.305 e. The summed E-state index contributed by atoms with van der Waals surface area (Å²) >= 11 is 0. The van der Waals surface area contributed by atoms with Gasteiger partial charge >= 0.3 is 5.97 Å². The summed E-state index contributed by atoms with van der Waals surface area (Å²) in [4.78, 5) is 22.2. The summed E-state index contributed by atoms with van der Waals surface area (Å²) in [5.41, 5.74) is 1.59. The van der Waals surface area contributed by atoms with Gasteiger partial charge in [0.05, 0.1) is 6.42 Å². The van der Waals surface area contributed by atoms with Crippen LogP contribution < -0.4 is 5.32 Å². The minimum Gasteiger partial charge on any atom is -0.481 e. The maximum atomic E-state index is 11.8. The van der Waals surface area contributed by atoms with Gasteiger partial charge in [0.25, 0.3) is 5.91 Å². The molecule has 0 aliphatic carbocycles. The predicted molar refractivity (Wildman–Crippen MR) is 65.1 cm³/mol. The Kier molecular flexibility index (Phi) is 4.69. The molecule has 0 aliphatic heterocycles. The topological polar surface area (TPSA) is 66.4 Å². The van der Waals surface area contributed by atoms with Gasteiger partial charge in [0.2, 0.25) is 0 Å². The van der Waals surface area contributed by atoms with Gasteiger partial charge in [-0.3, -0.25) is 9.59 Å². The van der Waals surface area contributed by atoms with E-state index in [0.717, 1.165) is 5.56 Å². The molecule has 0 aromatic heterocycles. The minimum atomic E-state index is -0.914. The fourth-order valence-corrected chi connectivity index (χ4v) is 1.59. The van der Waals surface area contributed by atoms with Crippen molar-refractivity contribution < 1.29 is 14.7 Å². The van der Waals surface area contributed by atoms with Gasteiger partial charge in [0, 0.05) is 12.1 Å². The summed E-state index contributed by atoms with van der Waals surface area (Å²) in [5.74, 6) is -0.866. The SMILES string of the molecule is CC(C)c1ccccc1C(=O)NCCC(=O)O. The highest BCUT2D eigenvalue weighted by atomic mass is 16.4. The van der Waals surface area contributed by atoms with Crippen LogP contribution >= 0.6 is 0 Å². The monoisotopic (exact) mass is 235 g/mol. The molecule has 17 heavy (non-hydrogen) atoms. The number of carboxylic acid groups (broad SMARTS) is 1. The van der Waals surface area contributed by atoms with Gasteiger partial charge in [-0.2, -0.15) is 0 Å². The smallest absolute Gasteiger partial charge is 0.305 e. The van der Waals surface area contributed by atoms with Crippen molar-refractivity contribution in [3.05, 3.63) is 35.4 Å². The second-order valence-electron chi connectivity index (χ2n) is 4.14. The number of hydrogen-bond donors (Lipinski definition) is 2. The lowest BCUT2D eigenvalue weighted by Gasteiger charge is -2.12. The van der Waals surface area contributed by atoms with Crippen molar-refractivity contribution in [1.29, 1.82) is 0 Å². The average molecular weight is 235 g/mol. The van der Waals surface area contributed by atoms with Crippen molar-refractivity contribution in [1.82, 2.24) is 5.32 Å². The Hall–Kier alpha value is -1.84. The number of rotatable bonds is 5. The Balaban J connectivity index is 2.71. The van der Waals surface area contributed by atoms with Crippen molar-refractivity contribution in [2.24, 2.45) is 0 Å². The molecular weight excluding hydrogens is 218 g/mol. The van der Waals surface area contributed by atoms with Crippen molar-refractivity contribution in [2.45, 2.75) is 26.2 Å². The number of amides is 1. The second kappa shape index (κ2) is 6.03. The fraction of sp³-hybridized carbons (Fsp3) is 0.385. The first-order valence-corrected chi connectivity index (χ1v) is 5.61. The largest absolute Gasteiger partial charge is 0.481 e. The number of nitrogens with one attached hydrogen (secondary N) is 1. The lowest BCUT2D eigenvalue weighted by molar-refractivity contribution is -0.136. The van der Waals surface area contributed by atoms with E-state index < -0.39 is 5.97 Å². The summed E-state index contributed by atoms with van der Waals surface area (Å²) in [6.07, 6.45) is -0.0599. The highest BCUT2D eigenvalue weighted by Gasteiger charge is 2.12. The zero-order valence-corrected chi connectivity index (χ0v) is 10.1. The first kappa shape index (κ1) is 13.2. The van der Waals surface area contributed by atoms with E-state index >= 15 is 0 Å². The fourth-order valence-electron chi connectivity index (χ4n) is 1.59. The van der Waals surface area contributed by atoms with Crippen LogP contribution in [-0.4, -0.2) is 23.5 Å². The van der Waals surface area contributed by atoms with E-state index in [4.69, 9.17) is 5.11 Å². The Morgan fingerprint density at radius 1 is 1.29 bits per heavy atom. The van der Waals surface area contributed by atoms with E-state index in [2.05, 4.69) is 5.32 Å². The molecule has 0 saturated heterocycles. The van der Waals surface area contributed by atoms with Gasteiger partial charge < -0.3 is 10.4 Å². The highest BCUT2D eigenvalue weighted by molar-refractivity contribution is 5.96. The lowest BCUT2D eigenvalue weighted by Crippen LogP contribution is -2.27. The second-order valence-corrected chi connectivity index (χ2v) is 4.14. The van der Waals surface area contributed by atoms with Gasteiger partial charge in [0.1, 0.15) is 0 Å². The molecule has 0 bridgehead atoms. The van der Waals surface area contributed by atoms with Crippen LogP contribution in [0.5, 0.6) is 0 Å². The normalized spacial score (nSPS) is 10.3. The van der Waals surface area contributed by atoms with Crippen molar-refractivity contribution in [3.63, 3.8) is 0 Å². The van der Waals surface area contributed by atoms with E-state index in [-0.39, 0.29) is 24.8 Å². The highest BCUT2D eigenvalue weighted by Crippen LogP contribution is 2.18. The zero-order chi connectivity index (χ0) is 12.8. The molecule has 0 atom stereocenters. The number of benzene rings is 1. The first-order valence-electron chi connectivity index (χ1n) is 5.61. The molecule has 1 rings (SSSR count). The number of hydrogen-bond acceptors (Lipinski definition) is 2. The summed E-state index contributed by atoms with van der Waals surface area (Å²) in [7, 11) is 0. The van der Waals surface area contributed by atoms with Crippen LogP contribution in [0.2, 0.25) is 0 Å². The molecule has 92 valence electrons. The lowest BCUT2D eigenvalue weighted by atomic mass is 9.97. The van der Waals surface area contributed by atoms with Gasteiger partial charge in [0.15, 0.2) is 0 Å². The van der Waals surface area contributed by atoms with Crippen LogP contribution in [0.4, 0.5) is 0 Å².